The first kappa shape index (κ1) is 13.3. The molecule has 2 N–H and O–H groups in total. The predicted molar refractivity (Wildman–Crippen MR) is 69.9 cm³/mol. The topological polar surface area (TPSA) is 39.7 Å². The van der Waals surface area contributed by atoms with E-state index in [0.29, 0.717) is 12.1 Å². The van der Waals surface area contributed by atoms with Crippen LogP contribution in [0.2, 0.25) is 0 Å². The minimum absolute atomic E-state index is 0.577. The number of aliphatic imine (C=N–C) groups is 1. The summed E-state index contributed by atoms with van der Waals surface area (Å²) < 4.78 is 0. The van der Waals surface area contributed by atoms with Crippen molar-refractivity contribution in [2.45, 2.75) is 45.7 Å². The highest BCUT2D eigenvalue weighted by Crippen LogP contribution is 2.12. The SMILES string of the molecule is CCNC(=NC)NC1CCN(C(C)C)CC1. The molecule has 1 aliphatic heterocycles. The highest BCUT2D eigenvalue weighted by Gasteiger charge is 2.20. The lowest BCUT2D eigenvalue weighted by molar-refractivity contribution is 0.167. The number of rotatable bonds is 3. The van der Waals surface area contributed by atoms with Gasteiger partial charge in [-0.05, 0) is 33.6 Å². The van der Waals surface area contributed by atoms with Gasteiger partial charge in [-0.15, -0.1) is 0 Å². The number of nitrogens with zero attached hydrogens (tertiary/aromatic N) is 2. The molecule has 94 valence electrons. The second kappa shape index (κ2) is 6.74. The Bertz CT molecular complexity index is 217. The minimum Gasteiger partial charge on any atom is -0.357 e. The molecular weight excluding hydrogens is 200 g/mol. The van der Waals surface area contributed by atoms with Crippen molar-refractivity contribution in [2.24, 2.45) is 4.99 Å². The number of likely N-dealkylation sites (tertiary alicyclic amines) is 1. The lowest BCUT2D eigenvalue weighted by Crippen LogP contribution is -2.49. The zero-order chi connectivity index (χ0) is 12.0. The van der Waals surface area contributed by atoms with Gasteiger partial charge >= 0.3 is 0 Å². The summed E-state index contributed by atoms with van der Waals surface area (Å²) in [6.07, 6.45) is 2.42. The van der Waals surface area contributed by atoms with Crippen molar-refractivity contribution in [1.29, 1.82) is 0 Å². The predicted octanol–water partition coefficient (Wildman–Crippen LogP) is 1.04. The van der Waals surface area contributed by atoms with Crippen molar-refractivity contribution in [3.8, 4) is 0 Å². The molecule has 1 saturated heterocycles. The smallest absolute Gasteiger partial charge is 0.191 e. The maximum absolute atomic E-state index is 4.21. The number of hydrogen-bond donors (Lipinski definition) is 2. The Kier molecular flexibility index (Phi) is 5.60. The summed E-state index contributed by atoms with van der Waals surface area (Å²) >= 11 is 0. The van der Waals surface area contributed by atoms with Crippen LogP contribution in [0.5, 0.6) is 0 Å². The van der Waals surface area contributed by atoms with Crippen molar-refractivity contribution in [2.75, 3.05) is 26.7 Å². The molecule has 4 heteroatoms. The van der Waals surface area contributed by atoms with Crippen LogP contribution < -0.4 is 10.6 Å². The van der Waals surface area contributed by atoms with Crippen LogP contribution in [0.4, 0.5) is 0 Å². The quantitative estimate of drug-likeness (QED) is 0.558. The maximum atomic E-state index is 4.21. The molecule has 0 amide bonds. The first-order chi connectivity index (χ1) is 7.67. The zero-order valence-electron chi connectivity index (χ0n) is 11.1. The third kappa shape index (κ3) is 4.00. The Morgan fingerprint density at radius 1 is 1.38 bits per heavy atom. The summed E-state index contributed by atoms with van der Waals surface area (Å²) in [7, 11) is 1.83. The zero-order valence-corrected chi connectivity index (χ0v) is 11.1. The number of hydrogen-bond acceptors (Lipinski definition) is 2. The molecule has 1 heterocycles. The lowest BCUT2D eigenvalue weighted by atomic mass is 10.0. The number of piperidine rings is 1. The summed E-state index contributed by atoms with van der Waals surface area (Å²) in [6, 6.07) is 1.25. The minimum atomic E-state index is 0.577. The molecule has 16 heavy (non-hydrogen) atoms. The van der Waals surface area contributed by atoms with Crippen molar-refractivity contribution in [3.05, 3.63) is 0 Å². The van der Waals surface area contributed by atoms with Gasteiger partial charge in [-0.1, -0.05) is 0 Å². The summed E-state index contributed by atoms with van der Waals surface area (Å²) in [4.78, 5) is 6.74. The van der Waals surface area contributed by atoms with Gasteiger partial charge in [-0.25, -0.2) is 0 Å². The average Bonchev–Trinajstić information content (AvgIpc) is 2.29. The van der Waals surface area contributed by atoms with Gasteiger partial charge in [-0.3, -0.25) is 4.99 Å². The summed E-state index contributed by atoms with van der Waals surface area (Å²) in [5.74, 6) is 0.936. The van der Waals surface area contributed by atoms with Crippen LogP contribution in [-0.2, 0) is 0 Å². The van der Waals surface area contributed by atoms with E-state index in [-0.39, 0.29) is 0 Å². The second-order valence-electron chi connectivity index (χ2n) is 4.65. The Labute approximate surface area is 99.5 Å². The van der Waals surface area contributed by atoms with Crippen LogP contribution in [0, 0.1) is 0 Å². The molecule has 0 atom stereocenters. The first-order valence-corrected chi connectivity index (χ1v) is 6.38. The maximum Gasteiger partial charge on any atom is 0.191 e. The molecule has 1 fully saturated rings. The molecule has 0 aromatic heterocycles. The van der Waals surface area contributed by atoms with Gasteiger partial charge in [-0.2, -0.15) is 0 Å². The Morgan fingerprint density at radius 2 is 2.00 bits per heavy atom. The van der Waals surface area contributed by atoms with Gasteiger partial charge in [0.1, 0.15) is 0 Å². The Morgan fingerprint density at radius 3 is 2.44 bits per heavy atom. The molecular formula is C12H26N4. The van der Waals surface area contributed by atoms with Gasteiger partial charge < -0.3 is 15.5 Å². The van der Waals surface area contributed by atoms with Crippen molar-refractivity contribution >= 4 is 5.96 Å². The molecule has 0 saturated carbocycles. The van der Waals surface area contributed by atoms with Gasteiger partial charge in [0.15, 0.2) is 5.96 Å². The van der Waals surface area contributed by atoms with Crippen molar-refractivity contribution < 1.29 is 0 Å². The van der Waals surface area contributed by atoms with E-state index < -0.39 is 0 Å². The largest absolute Gasteiger partial charge is 0.357 e. The van der Waals surface area contributed by atoms with E-state index in [4.69, 9.17) is 0 Å². The van der Waals surface area contributed by atoms with Gasteiger partial charge in [0.25, 0.3) is 0 Å². The lowest BCUT2D eigenvalue weighted by Gasteiger charge is -2.35. The van der Waals surface area contributed by atoms with Gasteiger partial charge in [0.2, 0.25) is 0 Å². The fraction of sp³-hybridized carbons (Fsp3) is 0.917. The molecule has 0 aromatic carbocycles. The molecule has 4 nitrogen and oxygen atoms in total. The standard InChI is InChI=1S/C12H26N4/c1-5-14-12(13-4)15-11-6-8-16(9-7-11)10(2)3/h10-11H,5-9H2,1-4H3,(H2,13,14,15). The van der Waals surface area contributed by atoms with E-state index >= 15 is 0 Å². The Hall–Kier alpha value is -0.770. The van der Waals surface area contributed by atoms with Gasteiger partial charge in [0, 0.05) is 38.8 Å². The Balaban J connectivity index is 2.31. The molecule has 0 radical (unpaired) electrons. The van der Waals surface area contributed by atoms with E-state index in [1.807, 2.05) is 7.05 Å². The van der Waals surface area contributed by atoms with E-state index in [0.717, 1.165) is 12.5 Å². The van der Waals surface area contributed by atoms with Crippen LogP contribution in [0.25, 0.3) is 0 Å². The number of nitrogens with one attached hydrogen (secondary N) is 2. The molecule has 0 aliphatic carbocycles. The average molecular weight is 226 g/mol. The molecule has 1 rings (SSSR count). The van der Waals surface area contributed by atoms with Crippen LogP contribution >= 0.6 is 0 Å². The van der Waals surface area contributed by atoms with Crippen LogP contribution in [0.15, 0.2) is 4.99 Å². The fourth-order valence-electron chi connectivity index (χ4n) is 2.12. The van der Waals surface area contributed by atoms with E-state index in [9.17, 15) is 0 Å². The third-order valence-electron chi connectivity index (χ3n) is 3.17. The van der Waals surface area contributed by atoms with E-state index in [2.05, 4.69) is 41.3 Å². The van der Waals surface area contributed by atoms with Crippen molar-refractivity contribution in [3.63, 3.8) is 0 Å². The highest BCUT2D eigenvalue weighted by molar-refractivity contribution is 5.79. The normalized spacial score (nSPS) is 20.2. The molecule has 0 bridgehead atoms. The summed E-state index contributed by atoms with van der Waals surface area (Å²) in [5.41, 5.74) is 0. The van der Waals surface area contributed by atoms with Crippen LogP contribution in [0.3, 0.4) is 0 Å². The molecule has 0 aromatic rings. The third-order valence-corrected chi connectivity index (χ3v) is 3.17. The fourth-order valence-corrected chi connectivity index (χ4v) is 2.12. The second-order valence-corrected chi connectivity index (χ2v) is 4.65. The van der Waals surface area contributed by atoms with Crippen LogP contribution in [0.1, 0.15) is 33.6 Å². The monoisotopic (exact) mass is 226 g/mol. The molecule has 1 aliphatic rings. The van der Waals surface area contributed by atoms with Crippen molar-refractivity contribution in [1.82, 2.24) is 15.5 Å². The van der Waals surface area contributed by atoms with Crippen LogP contribution in [-0.4, -0.2) is 49.6 Å². The number of guanidine groups is 1. The molecule has 0 unspecified atom stereocenters. The van der Waals surface area contributed by atoms with E-state index in [1.165, 1.54) is 25.9 Å². The summed E-state index contributed by atoms with van der Waals surface area (Å²) in [5, 5.41) is 6.72. The molecule has 0 spiro atoms. The van der Waals surface area contributed by atoms with Gasteiger partial charge in [0.05, 0.1) is 0 Å². The summed E-state index contributed by atoms with van der Waals surface area (Å²) in [6.45, 7) is 9.94. The first-order valence-electron chi connectivity index (χ1n) is 6.38. The van der Waals surface area contributed by atoms with E-state index in [1.54, 1.807) is 0 Å². The highest BCUT2D eigenvalue weighted by atomic mass is 15.2.